The van der Waals surface area contributed by atoms with Gasteiger partial charge in [-0.2, -0.15) is 0 Å². The van der Waals surface area contributed by atoms with Crippen LogP contribution in [0, 0.1) is 0 Å². The SMILES string of the molecule is CC(CCNC(C)(C)C)c1cnnn1-c1ccccc1. The Hall–Kier alpha value is -1.68. The lowest BCUT2D eigenvalue weighted by molar-refractivity contribution is 0.411. The lowest BCUT2D eigenvalue weighted by atomic mass is 10.0. The second kappa shape index (κ2) is 6.18. The van der Waals surface area contributed by atoms with E-state index in [0.29, 0.717) is 5.92 Å². The minimum absolute atomic E-state index is 0.164. The molecule has 0 saturated heterocycles. The first-order valence-electron chi connectivity index (χ1n) is 7.18. The van der Waals surface area contributed by atoms with Crippen molar-refractivity contribution in [3.63, 3.8) is 0 Å². The van der Waals surface area contributed by atoms with E-state index in [0.717, 1.165) is 24.3 Å². The highest BCUT2D eigenvalue weighted by atomic mass is 15.4. The molecule has 1 heterocycles. The molecule has 108 valence electrons. The van der Waals surface area contributed by atoms with E-state index in [-0.39, 0.29) is 5.54 Å². The van der Waals surface area contributed by atoms with Gasteiger partial charge in [0.05, 0.1) is 17.6 Å². The Balaban J connectivity index is 2.05. The predicted molar refractivity (Wildman–Crippen MR) is 82.1 cm³/mol. The molecule has 20 heavy (non-hydrogen) atoms. The van der Waals surface area contributed by atoms with Gasteiger partial charge in [0.2, 0.25) is 0 Å². The Kier molecular flexibility index (Phi) is 4.55. The highest BCUT2D eigenvalue weighted by molar-refractivity contribution is 5.32. The van der Waals surface area contributed by atoms with E-state index < -0.39 is 0 Å². The molecule has 1 aromatic carbocycles. The summed E-state index contributed by atoms with van der Waals surface area (Å²) in [5.74, 6) is 0.417. The lowest BCUT2D eigenvalue weighted by Gasteiger charge is -2.22. The number of benzene rings is 1. The fourth-order valence-electron chi connectivity index (χ4n) is 2.16. The van der Waals surface area contributed by atoms with Gasteiger partial charge >= 0.3 is 0 Å². The van der Waals surface area contributed by atoms with E-state index in [1.54, 1.807) is 0 Å². The summed E-state index contributed by atoms with van der Waals surface area (Å²) >= 11 is 0. The number of nitrogens with zero attached hydrogens (tertiary/aromatic N) is 3. The maximum atomic E-state index is 4.21. The number of hydrogen-bond acceptors (Lipinski definition) is 3. The van der Waals surface area contributed by atoms with Crippen LogP contribution in [0.25, 0.3) is 5.69 Å². The molecular weight excluding hydrogens is 248 g/mol. The highest BCUT2D eigenvalue weighted by Crippen LogP contribution is 2.20. The molecule has 1 aromatic heterocycles. The average Bonchev–Trinajstić information content (AvgIpc) is 2.87. The van der Waals surface area contributed by atoms with Gasteiger partial charge in [0.1, 0.15) is 0 Å². The van der Waals surface area contributed by atoms with E-state index in [9.17, 15) is 0 Å². The molecule has 1 atom stereocenters. The molecule has 0 aliphatic heterocycles. The van der Waals surface area contributed by atoms with Crippen LogP contribution in [-0.2, 0) is 0 Å². The van der Waals surface area contributed by atoms with E-state index in [1.165, 1.54) is 0 Å². The average molecular weight is 272 g/mol. The van der Waals surface area contributed by atoms with E-state index in [2.05, 4.69) is 55.5 Å². The molecule has 0 fully saturated rings. The zero-order valence-corrected chi connectivity index (χ0v) is 12.8. The number of nitrogens with one attached hydrogen (secondary N) is 1. The van der Waals surface area contributed by atoms with Crippen molar-refractivity contribution in [2.24, 2.45) is 0 Å². The summed E-state index contributed by atoms with van der Waals surface area (Å²) in [5, 5.41) is 11.8. The summed E-state index contributed by atoms with van der Waals surface area (Å²) in [6.07, 6.45) is 2.94. The van der Waals surface area contributed by atoms with Crippen molar-refractivity contribution in [3.05, 3.63) is 42.2 Å². The van der Waals surface area contributed by atoms with E-state index in [1.807, 2.05) is 29.1 Å². The molecule has 2 rings (SSSR count). The molecular formula is C16H24N4. The first-order chi connectivity index (χ1) is 9.47. The van der Waals surface area contributed by atoms with Crippen molar-refractivity contribution >= 4 is 0 Å². The molecule has 1 N–H and O–H groups in total. The summed E-state index contributed by atoms with van der Waals surface area (Å²) in [5.41, 5.74) is 2.39. The Bertz CT molecular complexity index is 525. The van der Waals surface area contributed by atoms with Gasteiger partial charge in [-0.15, -0.1) is 5.10 Å². The fraction of sp³-hybridized carbons (Fsp3) is 0.500. The predicted octanol–water partition coefficient (Wildman–Crippen LogP) is 3.15. The maximum Gasteiger partial charge on any atom is 0.0732 e. The molecule has 0 aliphatic rings. The van der Waals surface area contributed by atoms with Crippen LogP contribution in [0.1, 0.15) is 45.7 Å². The van der Waals surface area contributed by atoms with Crippen LogP contribution in [0.5, 0.6) is 0 Å². The lowest BCUT2D eigenvalue weighted by Crippen LogP contribution is -2.36. The van der Waals surface area contributed by atoms with Gasteiger partial charge in [-0.25, -0.2) is 4.68 Å². The topological polar surface area (TPSA) is 42.7 Å². The first-order valence-corrected chi connectivity index (χ1v) is 7.18. The van der Waals surface area contributed by atoms with Crippen molar-refractivity contribution in [1.29, 1.82) is 0 Å². The number of para-hydroxylation sites is 1. The molecule has 4 heteroatoms. The monoisotopic (exact) mass is 272 g/mol. The molecule has 0 aliphatic carbocycles. The van der Waals surface area contributed by atoms with Crippen LogP contribution in [-0.4, -0.2) is 27.1 Å². The summed E-state index contributed by atoms with van der Waals surface area (Å²) in [4.78, 5) is 0. The van der Waals surface area contributed by atoms with Crippen molar-refractivity contribution in [2.45, 2.75) is 45.6 Å². The number of rotatable bonds is 5. The Labute approximate surface area is 121 Å². The maximum absolute atomic E-state index is 4.21. The van der Waals surface area contributed by atoms with Gasteiger partial charge in [0.15, 0.2) is 0 Å². The van der Waals surface area contributed by atoms with E-state index >= 15 is 0 Å². The van der Waals surface area contributed by atoms with Crippen LogP contribution in [0.15, 0.2) is 36.5 Å². The van der Waals surface area contributed by atoms with Gasteiger partial charge in [-0.05, 0) is 45.9 Å². The summed E-state index contributed by atoms with van der Waals surface area (Å²) < 4.78 is 1.93. The standard InChI is InChI=1S/C16H24N4/c1-13(10-11-17-16(2,3)4)15-12-18-19-20(15)14-8-6-5-7-9-14/h5-9,12-13,17H,10-11H2,1-4H3. The van der Waals surface area contributed by atoms with Gasteiger partial charge in [0, 0.05) is 11.5 Å². The Morgan fingerprint density at radius 1 is 1.20 bits per heavy atom. The molecule has 0 saturated carbocycles. The Morgan fingerprint density at radius 3 is 2.55 bits per heavy atom. The van der Waals surface area contributed by atoms with Gasteiger partial charge in [0.25, 0.3) is 0 Å². The second-order valence-electron chi connectivity index (χ2n) is 6.27. The zero-order chi connectivity index (χ0) is 14.6. The largest absolute Gasteiger partial charge is 0.312 e. The minimum atomic E-state index is 0.164. The Morgan fingerprint density at radius 2 is 1.90 bits per heavy atom. The molecule has 0 radical (unpaired) electrons. The van der Waals surface area contributed by atoms with Gasteiger partial charge in [-0.3, -0.25) is 0 Å². The quantitative estimate of drug-likeness (QED) is 0.909. The molecule has 0 amide bonds. The number of aromatic nitrogens is 3. The molecule has 1 unspecified atom stereocenters. The van der Waals surface area contributed by atoms with Gasteiger partial charge < -0.3 is 5.32 Å². The third-order valence-corrected chi connectivity index (χ3v) is 3.31. The van der Waals surface area contributed by atoms with Crippen LogP contribution in [0.2, 0.25) is 0 Å². The summed E-state index contributed by atoms with van der Waals surface area (Å²) in [6.45, 7) is 9.78. The van der Waals surface area contributed by atoms with Crippen molar-refractivity contribution < 1.29 is 0 Å². The second-order valence-corrected chi connectivity index (χ2v) is 6.27. The minimum Gasteiger partial charge on any atom is -0.312 e. The smallest absolute Gasteiger partial charge is 0.0732 e. The highest BCUT2D eigenvalue weighted by Gasteiger charge is 2.15. The molecule has 0 bridgehead atoms. The summed E-state index contributed by atoms with van der Waals surface area (Å²) in [7, 11) is 0. The van der Waals surface area contributed by atoms with Gasteiger partial charge in [-0.1, -0.05) is 30.3 Å². The molecule has 4 nitrogen and oxygen atoms in total. The fourth-order valence-corrected chi connectivity index (χ4v) is 2.16. The van der Waals surface area contributed by atoms with Crippen LogP contribution in [0.4, 0.5) is 0 Å². The molecule has 0 spiro atoms. The van der Waals surface area contributed by atoms with Crippen LogP contribution >= 0.6 is 0 Å². The van der Waals surface area contributed by atoms with Crippen molar-refractivity contribution in [3.8, 4) is 5.69 Å². The van der Waals surface area contributed by atoms with Crippen molar-refractivity contribution in [2.75, 3.05) is 6.54 Å². The summed E-state index contributed by atoms with van der Waals surface area (Å²) in [6, 6.07) is 10.2. The third-order valence-electron chi connectivity index (χ3n) is 3.31. The van der Waals surface area contributed by atoms with Crippen LogP contribution < -0.4 is 5.32 Å². The molecule has 2 aromatic rings. The number of hydrogen-bond donors (Lipinski definition) is 1. The van der Waals surface area contributed by atoms with E-state index in [4.69, 9.17) is 0 Å². The van der Waals surface area contributed by atoms with Crippen molar-refractivity contribution in [1.82, 2.24) is 20.3 Å². The first kappa shape index (κ1) is 14.7. The van der Waals surface area contributed by atoms with Crippen LogP contribution in [0.3, 0.4) is 0 Å². The third kappa shape index (κ3) is 3.90. The zero-order valence-electron chi connectivity index (χ0n) is 12.8. The normalized spacial score (nSPS) is 13.4.